The van der Waals surface area contributed by atoms with Gasteiger partial charge >= 0.3 is 0 Å². The summed E-state index contributed by atoms with van der Waals surface area (Å²) in [4.78, 5) is 0. The van der Waals surface area contributed by atoms with Gasteiger partial charge in [0.05, 0.1) is 7.11 Å². The lowest BCUT2D eigenvalue weighted by Crippen LogP contribution is -2.16. The van der Waals surface area contributed by atoms with Crippen molar-refractivity contribution in [2.24, 2.45) is 11.7 Å². The van der Waals surface area contributed by atoms with Gasteiger partial charge in [-0.05, 0) is 30.0 Å². The van der Waals surface area contributed by atoms with Crippen LogP contribution < -0.4 is 10.5 Å². The molecule has 2 N–H and O–H groups in total. The third-order valence-electron chi connectivity index (χ3n) is 2.52. The molecule has 1 aromatic carbocycles. The first-order valence-corrected chi connectivity index (χ1v) is 4.96. The van der Waals surface area contributed by atoms with Crippen molar-refractivity contribution in [1.29, 1.82) is 0 Å². The summed E-state index contributed by atoms with van der Waals surface area (Å²) in [6, 6.07) is 6.23. The third-order valence-corrected chi connectivity index (χ3v) is 2.52. The van der Waals surface area contributed by atoms with Crippen LogP contribution in [0, 0.1) is 12.8 Å². The molecule has 0 heterocycles. The minimum absolute atomic E-state index is 0.111. The molecule has 0 amide bonds. The zero-order valence-corrected chi connectivity index (χ0v) is 9.37. The molecule has 0 aromatic heterocycles. The number of benzene rings is 1. The van der Waals surface area contributed by atoms with Crippen LogP contribution in [0.2, 0.25) is 0 Å². The van der Waals surface area contributed by atoms with Crippen LogP contribution in [-0.2, 0) is 0 Å². The maximum Gasteiger partial charge on any atom is 0.121 e. The number of hydrogen-bond acceptors (Lipinski definition) is 2. The summed E-state index contributed by atoms with van der Waals surface area (Å²) in [5.41, 5.74) is 8.38. The van der Waals surface area contributed by atoms with E-state index in [1.807, 2.05) is 19.1 Å². The van der Waals surface area contributed by atoms with E-state index >= 15 is 0 Å². The Morgan fingerprint density at radius 3 is 2.36 bits per heavy atom. The van der Waals surface area contributed by atoms with E-state index in [4.69, 9.17) is 10.5 Å². The van der Waals surface area contributed by atoms with Gasteiger partial charge < -0.3 is 10.5 Å². The van der Waals surface area contributed by atoms with Gasteiger partial charge in [0.1, 0.15) is 5.75 Å². The summed E-state index contributed by atoms with van der Waals surface area (Å²) >= 11 is 0. The van der Waals surface area contributed by atoms with Gasteiger partial charge in [-0.15, -0.1) is 0 Å². The third kappa shape index (κ3) is 2.26. The highest BCUT2D eigenvalue weighted by Gasteiger charge is 2.11. The number of ether oxygens (including phenoxy) is 1. The minimum atomic E-state index is 0.111. The highest BCUT2D eigenvalue weighted by Crippen LogP contribution is 2.24. The molecule has 78 valence electrons. The molecular weight excluding hydrogens is 174 g/mol. The van der Waals surface area contributed by atoms with E-state index in [2.05, 4.69) is 19.9 Å². The molecule has 0 unspecified atom stereocenters. The molecule has 1 atom stereocenters. The number of rotatable bonds is 3. The second kappa shape index (κ2) is 4.47. The number of hydrogen-bond donors (Lipinski definition) is 1. The Kier molecular flexibility index (Phi) is 3.53. The number of methoxy groups -OCH3 is 1. The van der Waals surface area contributed by atoms with E-state index < -0.39 is 0 Å². The molecule has 0 aliphatic heterocycles. The van der Waals surface area contributed by atoms with E-state index in [0.29, 0.717) is 5.92 Å². The van der Waals surface area contributed by atoms with Crippen LogP contribution in [-0.4, -0.2) is 7.11 Å². The molecule has 0 radical (unpaired) electrons. The standard InChI is InChI=1S/C12H19NO/c1-8(2)12(13)10-5-6-11(14-4)9(3)7-10/h5-8,12H,13H2,1-4H3/t12-/m1/s1. The first kappa shape index (κ1) is 11.1. The highest BCUT2D eigenvalue weighted by atomic mass is 16.5. The normalized spacial score (nSPS) is 13.0. The van der Waals surface area contributed by atoms with Gasteiger partial charge in [0.2, 0.25) is 0 Å². The largest absolute Gasteiger partial charge is 0.496 e. The Balaban J connectivity index is 2.96. The molecule has 0 aliphatic carbocycles. The van der Waals surface area contributed by atoms with Gasteiger partial charge in [-0.2, -0.15) is 0 Å². The van der Waals surface area contributed by atoms with Gasteiger partial charge in [0, 0.05) is 6.04 Å². The van der Waals surface area contributed by atoms with E-state index in [1.165, 1.54) is 5.56 Å². The van der Waals surface area contributed by atoms with Crippen LogP contribution in [0.1, 0.15) is 31.0 Å². The Hall–Kier alpha value is -1.02. The van der Waals surface area contributed by atoms with Gasteiger partial charge in [-0.25, -0.2) is 0 Å². The maximum absolute atomic E-state index is 6.06. The predicted molar refractivity (Wildman–Crippen MR) is 59.5 cm³/mol. The van der Waals surface area contributed by atoms with E-state index in [1.54, 1.807) is 7.11 Å². The maximum atomic E-state index is 6.06. The zero-order valence-electron chi connectivity index (χ0n) is 9.37. The summed E-state index contributed by atoms with van der Waals surface area (Å²) in [6.07, 6.45) is 0. The smallest absolute Gasteiger partial charge is 0.121 e. The van der Waals surface area contributed by atoms with Crippen molar-refractivity contribution < 1.29 is 4.74 Å². The molecule has 2 heteroatoms. The molecule has 2 nitrogen and oxygen atoms in total. The van der Waals surface area contributed by atoms with Crippen LogP contribution in [0.25, 0.3) is 0 Å². The fraction of sp³-hybridized carbons (Fsp3) is 0.500. The van der Waals surface area contributed by atoms with Crippen LogP contribution in [0.3, 0.4) is 0 Å². The Morgan fingerprint density at radius 2 is 1.93 bits per heavy atom. The van der Waals surface area contributed by atoms with Crippen LogP contribution in [0.4, 0.5) is 0 Å². The monoisotopic (exact) mass is 193 g/mol. The summed E-state index contributed by atoms with van der Waals surface area (Å²) in [7, 11) is 1.68. The highest BCUT2D eigenvalue weighted by molar-refractivity contribution is 5.37. The lowest BCUT2D eigenvalue weighted by molar-refractivity contribution is 0.411. The summed E-state index contributed by atoms with van der Waals surface area (Å²) in [5.74, 6) is 1.38. The molecule has 0 saturated carbocycles. The molecule has 0 fully saturated rings. The van der Waals surface area contributed by atoms with Crippen molar-refractivity contribution in [1.82, 2.24) is 0 Å². The van der Waals surface area contributed by atoms with E-state index in [9.17, 15) is 0 Å². The molecule has 1 rings (SSSR count). The fourth-order valence-electron chi connectivity index (χ4n) is 1.49. The van der Waals surface area contributed by atoms with Crippen molar-refractivity contribution >= 4 is 0 Å². The second-order valence-corrected chi connectivity index (χ2v) is 4.00. The van der Waals surface area contributed by atoms with Crippen molar-refractivity contribution in [2.75, 3.05) is 7.11 Å². The topological polar surface area (TPSA) is 35.2 Å². The van der Waals surface area contributed by atoms with Crippen LogP contribution in [0.15, 0.2) is 18.2 Å². The van der Waals surface area contributed by atoms with Crippen LogP contribution >= 0.6 is 0 Å². The lowest BCUT2D eigenvalue weighted by Gasteiger charge is -2.17. The molecule has 0 bridgehead atoms. The zero-order chi connectivity index (χ0) is 10.7. The second-order valence-electron chi connectivity index (χ2n) is 4.00. The summed E-state index contributed by atoms with van der Waals surface area (Å²) < 4.78 is 5.20. The summed E-state index contributed by atoms with van der Waals surface area (Å²) in [5, 5.41) is 0. The first-order chi connectivity index (χ1) is 6.56. The predicted octanol–water partition coefficient (Wildman–Crippen LogP) is 2.66. The number of nitrogens with two attached hydrogens (primary N) is 1. The van der Waals surface area contributed by atoms with Gasteiger partial charge in [-0.1, -0.05) is 26.0 Å². The van der Waals surface area contributed by atoms with E-state index in [0.717, 1.165) is 11.3 Å². The Morgan fingerprint density at radius 1 is 1.29 bits per heavy atom. The Labute approximate surface area is 86.1 Å². The SMILES string of the molecule is COc1ccc([C@H](N)C(C)C)cc1C. The van der Waals surface area contributed by atoms with Crippen molar-refractivity contribution in [3.63, 3.8) is 0 Å². The average molecular weight is 193 g/mol. The van der Waals surface area contributed by atoms with Gasteiger partial charge in [0.25, 0.3) is 0 Å². The Bertz CT molecular complexity index is 307. The molecule has 1 aromatic rings. The van der Waals surface area contributed by atoms with Gasteiger partial charge in [0.15, 0.2) is 0 Å². The molecule has 0 saturated heterocycles. The first-order valence-electron chi connectivity index (χ1n) is 4.96. The van der Waals surface area contributed by atoms with Crippen LogP contribution in [0.5, 0.6) is 5.75 Å². The van der Waals surface area contributed by atoms with Crippen molar-refractivity contribution in [3.05, 3.63) is 29.3 Å². The molecular formula is C12H19NO. The average Bonchev–Trinajstić information content (AvgIpc) is 2.16. The molecule has 14 heavy (non-hydrogen) atoms. The number of aryl methyl sites for hydroxylation is 1. The minimum Gasteiger partial charge on any atom is -0.496 e. The van der Waals surface area contributed by atoms with Gasteiger partial charge in [-0.3, -0.25) is 0 Å². The van der Waals surface area contributed by atoms with E-state index in [-0.39, 0.29) is 6.04 Å². The molecule has 0 spiro atoms. The van der Waals surface area contributed by atoms with Crippen molar-refractivity contribution in [2.45, 2.75) is 26.8 Å². The quantitative estimate of drug-likeness (QED) is 0.801. The lowest BCUT2D eigenvalue weighted by atomic mass is 9.96. The van der Waals surface area contributed by atoms with Crippen molar-refractivity contribution in [3.8, 4) is 5.75 Å². The fourth-order valence-corrected chi connectivity index (χ4v) is 1.49. The molecule has 0 aliphatic rings. The summed E-state index contributed by atoms with van der Waals surface area (Å²) in [6.45, 7) is 6.30.